The van der Waals surface area contributed by atoms with E-state index in [-0.39, 0.29) is 0 Å². The Hall–Kier alpha value is -1.82. The van der Waals surface area contributed by atoms with E-state index >= 15 is 0 Å². The first kappa shape index (κ1) is 14.6. The van der Waals surface area contributed by atoms with Gasteiger partial charge in [0.15, 0.2) is 0 Å². The van der Waals surface area contributed by atoms with Gasteiger partial charge in [-0.15, -0.1) is 0 Å². The Morgan fingerprint density at radius 3 is 2.75 bits per heavy atom. The van der Waals surface area contributed by atoms with Crippen molar-refractivity contribution in [3.63, 3.8) is 0 Å². The molecule has 0 aliphatic carbocycles. The third-order valence-corrected chi connectivity index (χ3v) is 3.03. The summed E-state index contributed by atoms with van der Waals surface area (Å²) in [4.78, 5) is 8.21. The van der Waals surface area contributed by atoms with Gasteiger partial charge in [0.25, 0.3) is 0 Å². The third kappa shape index (κ3) is 3.84. The van der Waals surface area contributed by atoms with Crippen molar-refractivity contribution in [1.82, 2.24) is 15.1 Å². The summed E-state index contributed by atoms with van der Waals surface area (Å²) in [7, 11) is 0. The first-order valence-corrected chi connectivity index (χ1v) is 6.73. The zero-order valence-corrected chi connectivity index (χ0v) is 11.7. The largest absolute Gasteiger partial charge is 0.339 e. The Labute approximate surface area is 117 Å². The normalized spacial score (nSPS) is 12.8. The van der Waals surface area contributed by atoms with E-state index in [2.05, 4.69) is 29.0 Å². The van der Waals surface area contributed by atoms with Crippen LogP contribution in [0.25, 0.3) is 11.5 Å². The van der Waals surface area contributed by atoms with Gasteiger partial charge in [0.05, 0.1) is 6.20 Å². The van der Waals surface area contributed by atoms with Crippen LogP contribution in [0.3, 0.4) is 0 Å². The number of nitrogens with zero attached hydrogens (tertiary/aromatic N) is 3. The molecular formula is C14H19FN4O. The van der Waals surface area contributed by atoms with Crippen molar-refractivity contribution < 1.29 is 8.91 Å². The molecule has 0 bridgehead atoms. The first-order valence-electron chi connectivity index (χ1n) is 6.73. The molecule has 0 fully saturated rings. The van der Waals surface area contributed by atoms with Crippen LogP contribution in [-0.2, 0) is 6.42 Å². The van der Waals surface area contributed by atoms with Crippen molar-refractivity contribution in [3.8, 4) is 11.5 Å². The number of hydrogen-bond acceptors (Lipinski definition) is 5. The monoisotopic (exact) mass is 278 g/mol. The maximum absolute atomic E-state index is 12.8. The number of halogens is 1. The molecule has 0 aliphatic heterocycles. The van der Waals surface area contributed by atoms with E-state index in [1.165, 1.54) is 12.1 Å². The van der Waals surface area contributed by atoms with Crippen LogP contribution < -0.4 is 5.73 Å². The highest BCUT2D eigenvalue weighted by Crippen LogP contribution is 2.18. The second-order valence-electron chi connectivity index (χ2n) is 5.31. The van der Waals surface area contributed by atoms with Gasteiger partial charge in [-0.1, -0.05) is 19.0 Å². The summed E-state index contributed by atoms with van der Waals surface area (Å²) >= 11 is 0. The molecule has 2 heterocycles. The summed E-state index contributed by atoms with van der Waals surface area (Å²) in [6, 6.07) is 2.85. The molecule has 0 unspecified atom stereocenters. The van der Waals surface area contributed by atoms with Gasteiger partial charge in [-0.25, -0.2) is 9.37 Å². The molecule has 0 amide bonds. The van der Waals surface area contributed by atoms with Crippen LogP contribution in [-0.4, -0.2) is 21.7 Å². The topological polar surface area (TPSA) is 77.8 Å². The van der Waals surface area contributed by atoms with E-state index in [0.717, 1.165) is 12.6 Å². The Balaban J connectivity index is 2.06. The van der Waals surface area contributed by atoms with Gasteiger partial charge >= 0.3 is 0 Å². The fourth-order valence-corrected chi connectivity index (χ4v) is 2.13. The van der Waals surface area contributed by atoms with Crippen LogP contribution >= 0.6 is 0 Å². The van der Waals surface area contributed by atoms with Gasteiger partial charge < -0.3 is 10.3 Å². The molecule has 0 saturated heterocycles. The molecule has 0 saturated carbocycles. The van der Waals surface area contributed by atoms with Crippen molar-refractivity contribution in [2.75, 3.05) is 6.54 Å². The molecule has 1 atom stereocenters. The molecule has 2 rings (SSSR count). The van der Waals surface area contributed by atoms with E-state index in [0.29, 0.717) is 42.2 Å². The van der Waals surface area contributed by atoms with Crippen molar-refractivity contribution in [3.05, 3.63) is 30.0 Å². The van der Waals surface area contributed by atoms with Gasteiger partial charge in [-0.3, -0.25) is 0 Å². The highest BCUT2D eigenvalue weighted by Gasteiger charge is 2.16. The van der Waals surface area contributed by atoms with Crippen molar-refractivity contribution in [1.29, 1.82) is 0 Å². The zero-order chi connectivity index (χ0) is 14.5. The fourth-order valence-electron chi connectivity index (χ4n) is 2.13. The van der Waals surface area contributed by atoms with Crippen LogP contribution in [0.1, 0.15) is 26.2 Å². The van der Waals surface area contributed by atoms with E-state index in [1.807, 2.05) is 0 Å². The lowest BCUT2D eigenvalue weighted by Gasteiger charge is -2.14. The molecule has 0 radical (unpaired) electrons. The molecule has 2 N–H and O–H groups in total. The summed E-state index contributed by atoms with van der Waals surface area (Å²) in [5.41, 5.74) is 6.25. The van der Waals surface area contributed by atoms with Crippen LogP contribution in [0.15, 0.2) is 22.9 Å². The molecule has 20 heavy (non-hydrogen) atoms. The summed E-state index contributed by atoms with van der Waals surface area (Å²) in [6.45, 7) is 4.90. The minimum atomic E-state index is -0.391. The molecule has 0 aromatic carbocycles. The number of hydrogen-bond donors (Lipinski definition) is 1. The lowest BCUT2D eigenvalue weighted by atomic mass is 9.94. The summed E-state index contributed by atoms with van der Waals surface area (Å²) < 4.78 is 18.0. The molecule has 2 aromatic rings. The highest BCUT2D eigenvalue weighted by atomic mass is 19.1. The average Bonchev–Trinajstić information content (AvgIpc) is 2.87. The van der Waals surface area contributed by atoms with E-state index in [1.54, 1.807) is 0 Å². The lowest BCUT2D eigenvalue weighted by Crippen LogP contribution is -2.19. The number of aromatic nitrogens is 3. The highest BCUT2D eigenvalue weighted by molar-refractivity contribution is 5.47. The predicted octanol–water partition coefficient (Wildman–Crippen LogP) is 2.43. The maximum atomic E-state index is 12.8. The van der Waals surface area contributed by atoms with Gasteiger partial charge in [-0.2, -0.15) is 4.98 Å². The number of rotatable bonds is 6. The molecule has 0 spiro atoms. The van der Waals surface area contributed by atoms with Crippen molar-refractivity contribution >= 4 is 0 Å². The van der Waals surface area contributed by atoms with Crippen molar-refractivity contribution in [2.24, 2.45) is 17.6 Å². The van der Waals surface area contributed by atoms with Gasteiger partial charge in [0.2, 0.25) is 11.7 Å². The molecule has 108 valence electrons. The van der Waals surface area contributed by atoms with E-state index in [9.17, 15) is 4.39 Å². The third-order valence-electron chi connectivity index (χ3n) is 3.03. The van der Waals surface area contributed by atoms with E-state index in [4.69, 9.17) is 10.3 Å². The second kappa shape index (κ2) is 6.56. The molecular weight excluding hydrogens is 259 g/mol. The molecule has 0 aliphatic rings. The molecule has 5 nitrogen and oxygen atoms in total. The van der Waals surface area contributed by atoms with E-state index < -0.39 is 5.82 Å². The van der Waals surface area contributed by atoms with Gasteiger partial charge in [0.1, 0.15) is 11.5 Å². The smallest absolute Gasteiger partial charge is 0.227 e. The Bertz CT molecular complexity index is 538. The standard InChI is InChI=1S/C14H19FN4O/c1-9(2)5-10(7-16)6-13-18-14(19-20-13)12-4-3-11(15)8-17-12/h3-4,8-10H,5-7,16H2,1-2H3/t10-/m0/s1. The Kier molecular flexibility index (Phi) is 4.79. The minimum Gasteiger partial charge on any atom is -0.339 e. The van der Waals surface area contributed by atoms with Crippen LogP contribution in [0.2, 0.25) is 0 Å². The van der Waals surface area contributed by atoms with Crippen LogP contribution in [0.4, 0.5) is 4.39 Å². The zero-order valence-electron chi connectivity index (χ0n) is 11.7. The SMILES string of the molecule is CC(C)C[C@H](CN)Cc1nc(-c2ccc(F)cn2)no1. The molecule has 2 aromatic heterocycles. The molecule has 6 heteroatoms. The van der Waals surface area contributed by atoms with Gasteiger partial charge in [-0.05, 0) is 36.9 Å². The summed E-state index contributed by atoms with van der Waals surface area (Å²) in [6.07, 6.45) is 2.80. The average molecular weight is 278 g/mol. The Morgan fingerprint density at radius 2 is 2.15 bits per heavy atom. The van der Waals surface area contributed by atoms with Gasteiger partial charge in [0, 0.05) is 6.42 Å². The Morgan fingerprint density at radius 1 is 1.35 bits per heavy atom. The number of nitrogens with two attached hydrogens (primary N) is 1. The van der Waals surface area contributed by atoms with Crippen LogP contribution in [0, 0.1) is 17.7 Å². The second-order valence-corrected chi connectivity index (χ2v) is 5.31. The van der Waals surface area contributed by atoms with Crippen LogP contribution in [0.5, 0.6) is 0 Å². The first-order chi connectivity index (χ1) is 9.58. The summed E-state index contributed by atoms with van der Waals surface area (Å²) in [5, 5.41) is 3.87. The maximum Gasteiger partial charge on any atom is 0.227 e. The predicted molar refractivity (Wildman–Crippen MR) is 73.2 cm³/mol. The van der Waals surface area contributed by atoms with Crippen molar-refractivity contribution in [2.45, 2.75) is 26.7 Å². The summed E-state index contributed by atoms with van der Waals surface area (Å²) in [5.74, 6) is 1.43. The lowest BCUT2D eigenvalue weighted by molar-refractivity contribution is 0.332. The minimum absolute atomic E-state index is 0.324. The number of pyridine rings is 1. The fraction of sp³-hybridized carbons (Fsp3) is 0.500. The quantitative estimate of drug-likeness (QED) is 0.878.